The average molecular weight is 439 g/mol. The molecule has 1 aliphatic carbocycles. The van der Waals surface area contributed by atoms with Crippen molar-refractivity contribution in [2.45, 2.75) is 38.6 Å². The number of carbonyl (C=O) groups is 1. The van der Waals surface area contributed by atoms with E-state index in [1.165, 1.54) is 11.3 Å². The minimum atomic E-state index is 0.0402. The first kappa shape index (κ1) is 20.4. The Labute approximate surface area is 185 Å². The summed E-state index contributed by atoms with van der Waals surface area (Å²) in [6.07, 6.45) is 5.72. The molecule has 0 atom stereocenters. The number of nitrogens with zero attached hydrogens (tertiary/aromatic N) is 5. The van der Waals surface area contributed by atoms with Crippen molar-refractivity contribution >= 4 is 34.0 Å². The van der Waals surface area contributed by atoms with Gasteiger partial charge in [0.2, 0.25) is 5.91 Å². The predicted molar refractivity (Wildman–Crippen MR) is 120 cm³/mol. The number of aromatic nitrogens is 4. The van der Waals surface area contributed by atoms with Crippen molar-refractivity contribution in [1.29, 1.82) is 0 Å². The van der Waals surface area contributed by atoms with E-state index in [-0.39, 0.29) is 11.8 Å². The van der Waals surface area contributed by atoms with Gasteiger partial charge in [-0.15, -0.1) is 10.2 Å². The molecule has 9 heteroatoms. The minimum Gasteiger partial charge on any atom is -0.379 e. The van der Waals surface area contributed by atoms with Crippen LogP contribution in [-0.2, 0) is 9.53 Å². The first-order chi connectivity index (χ1) is 15.2. The summed E-state index contributed by atoms with van der Waals surface area (Å²) >= 11 is 1.51. The number of carbonyl (C=O) groups excluding carboxylic acids is 1. The molecular weight excluding hydrogens is 412 g/mol. The highest BCUT2D eigenvalue weighted by atomic mass is 32.1. The fourth-order valence-corrected chi connectivity index (χ4v) is 5.14. The Balaban J connectivity index is 1.24. The van der Waals surface area contributed by atoms with Crippen LogP contribution in [0.15, 0.2) is 24.4 Å². The van der Waals surface area contributed by atoms with E-state index in [2.05, 4.69) is 25.4 Å². The van der Waals surface area contributed by atoms with Crippen LogP contribution in [0.4, 0.5) is 5.82 Å². The molecule has 1 saturated carbocycles. The average Bonchev–Trinajstić information content (AvgIpc) is 3.25. The van der Waals surface area contributed by atoms with Crippen LogP contribution >= 0.6 is 11.3 Å². The summed E-state index contributed by atoms with van der Waals surface area (Å²) in [7, 11) is 0. The fourth-order valence-electron chi connectivity index (χ4n) is 4.48. The van der Waals surface area contributed by atoms with Gasteiger partial charge >= 0.3 is 0 Å². The van der Waals surface area contributed by atoms with Crippen molar-refractivity contribution in [3.63, 3.8) is 0 Å². The maximum atomic E-state index is 12.9. The number of anilines is 1. The molecule has 1 aliphatic heterocycles. The zero-order chi connectivity index (χ0) is 21.2. The van der Waals surface area contributed by atoms with E-state index in [4.69, 9.17) is 9.72 Å². The van der Waals surface area contributed by atoms with Crippen LogP contribution < -0.4 is 5.32 Å². The van der Waals surface area contributed by atoms with Gasteiger partial charge in [-0.25, -0.2) is 9.97 Å². The molecule has 162 valence electrons. The van der Waals surface area contributed by atoms with E-state index in [9.17, 15) is 4.79 Å². The van der Waals surface area contributed by atoms with Crippen LogP contribution in [0.1, 0.15) is 30.7 Å². The summed E-state index contributed by atoms with van der Waals surface area (Å²) < 4.78 is 5.46. The van der Waals surface area contributed by atoms with Gasteiger partial charge in [0.15, 0.2) is 5.01 Å². The summed E-state index contributed by atoms with van der Waals surface area (Å²) in [6, 6.07) is 6.32. The highest BCUT2D eigenvalue weighted by Gasteiger charge is 2.30. The Hall–Kier alpha value is -2.49. The summed E-state index contributed by atoms with van der Waals surface area (Å²) in [5.41, 5.74) is 1.56. The monoisotopic (exact) mass is 438 g/mol. The highest BCUT2D eigenvalue weighted by molar-refractivity contribution is 7.14. The maximum Gasteiger partial charge on any atom is 0.228 e. The lowest BCUT2D eigenvalue weighted by Gasteiger charge is -2.38. The molecule has 5 rings (SSSR count). The number of ether oxygens (including phenoxy) is 1. The smallest absolute Gasteiger partial charge is 0.228 e. The Morgan fingerprint density at radius 1 is 1.16 bits per heavy atom. The number of morpholine rings is 1. The zero-order valence-electron chi connectivity index (χ0n) is 17.6. The van der Waals surface area contributed by atoms with Crippen LogP contribution in [0, 0.1) is 12.8 Å². The molecule has 0 aromatic carbocycles. The van der Waals surface area contributed by atoms with Gasteiger partial charge in [0.25, 0.3) is 0 Å². The van der Waals surface area contributed by atoms with Crippen LogP contribution in [-0.4, -0.2) is 63.3 Å². The van der Waals surface area contributed by atoms with Gasteiger partial charge in [-0.2, -0.15) is 0 Å². The van der Waals surface area contributed by atoms with Gasteiger partial charge in [0, 0.05) is 42.7 Å². The molecule has 31 heavy (non-hydrogen) atoms. The van der Waals surface area contributed by atoms with Crippen molar-refractivity contribution < 1.29 is 9.53 Å². The van der Waals surface area contributed by atoms with Crippen LogP contribution in [0.2, 0.25) is 0 Å². The second kappa shape index (κ2) is 8.94. The number of nitrogens with one attached hydrogen (secondary N) is 1. The molecule has 0 bridgehead atoms. The topological polar surface area (TPSA) is 93.1 Å². The lowest BCUT2D eigenvalue weighted by atomic mass is 9.84. The number of aryl methyl sites for hydroxylation is 1. The molecule has 1 N–H and O–H groups in total. The third kappa shape index (κ3) is 4.58. The molecule has 3 aromatic heterocycles. The van der Waals surface area contributed by atoms with E-state index in [1.54, 1.807) is 6.20 Å². The van der Waals surface area contributed by atoms with Crippen molar-refractivity contribution in [2.75, 3.05) is 31.6 Å². The normalized spacial score (nSPS) is 22.5. The summed E-state index contributed by atoms with van der Waals surface area (Å²) in [5, 5.41) is 13.9. The highest BCUT2D eigenvalue weighted by Crippen LogP contribution is 2.29. The van der Waals surface area contributed by atoms with Crippen molar-refractivity contribution in [3.8, 4) is 10.7 Å². The molecule has 2 aliphatic rings. The predicted octanol–water partition coefficient (Wildman–Crippen LogP) is 3.29. The largest absolute Gasteiger partial charge is 0.379 e. The fraction of sp³-hybridized carbons (Fsp3) is 0.500. The Morgan fingerprint density at radius 3 is 2.71 bits per heavy atom. The van der Waals surface area contributed by atoms with Gasteiger partial charge in [-0.3, -0.25) is 9.69 Å². The molecule has 0 spiro atoms. The molecular formula is C22H26N6O2S. The summed E-state index contributed by atoms with van der Waals surface area (Å²) in [4.78, 5) is 24.5. The zero-order valence-corrected chi connectivity index (χ0v) is 18.4. The second-order valence-corrected chi connectivity index (χ2v) is 9.41. The second-order valence-electron chi connectivity index (χ2n) is 8.23. The number of pyridine rings is 2. The lowest BCUT2D eigenvalue weighted by Crippen LogP contribution is -2.45. The van der Waals surface area contributed by atoms with Gasteiger partial charge in [-0.1, -0.05) is 11.3 Å². The van der Waals surface area contributed by atoms with Crippen LogP contribution in [0.25, 0.3) is 21.6 Å². The summed E-state index contributed by atoms with van der Waals surface area (Å²) in [5.74, 6) is 0.646. The third-order valence-corrected chi connectivity index (χ3v) is 7.06. The van der Waals surface area contributed by atoms with Crippen LogP contribution in [0.5, 0.6) is 0 Å². The molecule has 0 unspecified atom stereocenters. The van der Waals surface area contributed by atoms with Crippen molar-refractivity contribution in [2.24, 2.45) is 5.92 Å². The Kier molecular flexibility index (Phi) is 5.89. The van der Waals surface area contributed by atoms with Gasteiger partial charge < -0.3 is 10.1 Å². The Morgan fingerprint density at radius 2 is 1.97 bits per heavy atom. The quantitative estimate of drug-likeness (QED) is 0.668. The molecule has 1 amide bonds. The van der Waals surface area contributed by atoms with E-state index < -0.39 is 0 Å². The van der Waals surface area contributed by atoms with E-state index in [0.717, 1.165) is 78.6 Å². The lowest BCUT2D eigenvalue weighted by molar-refractivity contribution is -0.121. The van der Waals surface area contributed by atoms with Crippen LogP contribution in [0.3, 0.4) is 0 Å². The molecule has 0 radical (unpaired) electrons. The maximum absolute atomic E-state index is 12.9. The number of fused-ring (bicyclic) bond motifs is 1. The standard InChI is InChI=1S/C22H26N6O2S/c1-14-26-27-22(31-14)18-7-4-16-13-23-20(12-19(16)24-18)25-21(29)15-2-5-17(6-3-15)28-8-10-30-11-9-28/h4,7,12-13,15,17H,2-3,5-6,8-11H2,1H3,(H,23,25,29). The van der Waals surface area contributed by atoms with E-state index in [0.29, 0.717) is 11.9 Å². The SMILES string of the molecule is Cc1nnc(-c2ccc3cnc(NC(=O)C4CCC(N5CCOCC5)CC4)cc3n2)s1. The Bertz CT molecular complexity index is 1070. The van der Waals surface area contributed by atoms with Gasteiger partial charge in [0.05, 0.1) is 18.7 Å². The molecule has 4 heterocycles. The van der Waals surface area contributed by atoms with E-state index >= 15 is 0 Å². The molecule has 3 aromatic rings. The number of rotatable bonds is 4. The molecule has 2 fully saturated rings. The molecule has 1 saturated heterocycles. The van der Waals surface area contributed by atoms with Crippen molar-refractivity contribution in [3.05, 3.63) is 29.4 Å². The van der Waals surface area contributed by atoms with Gasteiger partial charge in [-0.05, 0) is 44.7 Å². The number of hydrogen-bond donors (Lipinski definition) is 1. The first-order valence-corrected chi connectivity index (χ1v) is 11.7. The summed E-state index contributed by atoms with van der Waals surface area (Å²) in [6.45, 7) is 5.58. The minimum absolute atomic E-state index is 0.0402. The van der Waals surface area contributed by atoms with Crippen molar-refractivity contribution in [1.82, 2.24) is 25.1 Å². The molecule has 8 nitrogen and oxygen atoms in total. The van der Waals surface area contributed by atoms with E-state index in [1.807, 2.05) is 25.1 Å². The first-order valence-electron chi connectivity index (χ1n) is 10.9. The van der Waals surface area contributed by atoms with Gasteiger partial charge in [0.1, 0.15) is 16.5 Å². The number of hydrogen-bond acceptors (Lipinski definition) is 8. The third-order valence-electron chi connectivity index (χ3n) is 6.20. The number of amides is 1.